The van der Waals surface area contributed by atoms with Crippen LogP contribution in [0.15, 0.2) is 88.0 Å². The molecule has 1 N–H and O–H groups in total. The molecule has 0 radical (unpaired) electrons. The van der Waals surface area contributed by atoms with Gasteiger partial charge in [-0.05, 0) is 60.5 Å². The summed E-state index contributed by atoms with van der Waals surface area (Å²) >= 11 is 7.64. The number of thioether (sulfide) groups is 1. The Labute approximate surface area is 223 Å². The van der Waals surface area contributed by atoms with Crippen molar-refractivity contribution in [2.24, 2.45) is 4.99 Å². The number of esters is 1. The molecule has 0 amide bonds. The number of halogens is 2. The molecular weight excluding hydrogens is 517 g/mol. The van der Waals surface area contributed by atoms with Gasteiger partial charge in [-0.3, -0.25) is 0 Å². The maximum Gasteiger partial charge on any atom is 0.344 e. The first-order valence-corrected chi connectivity index (χ1v) is 12.5. The molecule has 1 aliphatic heterocycles. The third-order valence-electron chi connectivity index (χ3n) is 5.18. The zero-order valence-corrected chi connectivity index (χ0v) is 21.6. The molecule has 3 aromatic carbocycles. The number of hydrogen-bond donors (Lipinski definition) is 1. The number of hydrogen-bond acceptors (Lipinski definition) is 7. The summed E-state index contributed by atoms with van der Waals surface area (Å²) in [6.07, 6.45) is 1.66. The van der Waals surface area contributed by atoms with E-state index in [2.05, 4.69) is 4.99 Å². The summed E-state index contributed by atoms with van der Waals surface area (Å²) in [4.78, 5) is 17.5. The van der Waals surface area contributed by atoms with Crippen LogP contribution in [0, 0.1) is 5.82 Å². The molecule has 190 valence electrons. The number of aliphatic imine (C=N–C) groups is 1. The topological polar surface area (TPSA) is 77.4 Å². The van der Waals surface area contributed by atoms with Gasteiger partial charge in [0.15, 0.2) is 11.5 Å². The van der Waals surface area contributed by atoms with Crippen LogP contribution in [0.5, 0.6) is 11.5 Å². The zero-order chi connectivity index (χ0) is 26.4. The second kappa shape index (κ2) is 12.0. The van der Waals surface area contributed by atoms with E-state index >= 15 is 0 Å². The molecule has 0 unspecified atom stereocenters. The van der Waals surface area contributed by atoms with Gasteiger partial charge in [-0.15, -0.1) is 0 Å². The third-order valence-corrected chi connectivity index (χ3v) is 6.48. The van der Waals surface area contributed by atoms with Gasteiger partial charge in [0, 0.05) is 0 Å². The second-order valence-corrected chi connectivity index (χ2v) is 9.20. The largest absolute Gasteiger partial charge is 0.506 e. The standard InChI is InChI=1S/C28H23ClFNO5S/c1-3-35-28(33)24-25(32)23(37-27(24)31-20-10-5-4-6-11-20)15-18-13-21(29)26(22(14-18)34-2)36-16-17-8-7-9-19(30)12-17/h4-15,32H,3,16H2,1-2H3/b23-15-,31-27?. The second-order valence-electron chi connectivity index (χ2n) is 7.76. The SMILES string of the molecule is CCOC(=O)C1=C(O)/C(=C/c2cc(Cl)c(OCc3cccc(F)c3)c(OC)c2)SC1=Nc1ccccc1. The first kappa shape index (κ1) is 26.3. The van der Waals surface area contributed by atoms with E-state index in [1.54, 1.807) is 49.4 Å². The Morgan fingerprint density at radius 3 is 2.62 bits per heavy atom. The summed E-state index contributed by atoms with van der Waals surface area (Å²) in [5.41, 5.74) is 1.86. The fraction of sp³-hybridized carbons (Fsp3) is 0.143. The van der Waals surface area contributed by atoms with Crippen LogP contribution in [0.1, 0.15) is 18.1 Å². The molecule has 37 heavy (non-hydrogen) atoms. The van der Waals surface area contributed by atoms with E-state index in [0.717, 1.165) is 11.8 Å². The van der Waals surface area contributed by atoms with Crippen molar-refractivity contribution in [3.05, 3.63) is 105 Å². The van der Waals surface area contributed by atoms with E-state index in [9.17, 15) is 14.3 Å². The average molecular weight is 540 g/mol. The van der Waals surface area contributed by atoms with Gasteiger partial charge in [0.05, 0.1) is 29.3 Å². The predicted octanol–water partition coefficient (Wildman–Crippen LogP) is 7.26. The first-order chi connectivity index (χ1) is 17.9. The number of aliphatic hydroxyl groups excluding tert-OH is 1. The lowest BCUT2D eigenvalue weighted by molar-refractivity contribution is -0.138. The number of rotatable bonds is 8. The molecule has 0 atom stereocenters. The smallest absolute Gasteiger partial charge is 0.344 e. The lowest BCUT2D eigenvalue weighted by Crippen LogP contribution is -2.12. The summed E-state index contributed by atoms with van der Waals surface area (Å²) in [5.74, 6) is -0.610. The Morgan fingerprint density at radius 2 is 1.92 bits per heavy atom. The maximum atomic E-state index is 13.5. The molecule has 4 rings (SSSR count). The van der Waals surface area contributed by atoms with Crippen LogP contribution < -0.4 is 9.47 Å². The Balaban J connectivity index is 1.66. The molecule has 0 saturated carbocycles. The number of carbonyl (C=O) groups is 1. The Kier molecular flexibility index (Phi) is 8.53. The highest BCUT2D eigenvalue weighted by Crippen LogP contribution is 2.42. The molecular formula is C28H23ClFNO5S. The molecule has 0 fully saturated rings. The zero-order valence-electron chi connectivity index (χ0n) is 20.0. The molecule has 1 heterocycles. The van der Waals surface area contributed by atoms with Gasteiger partial charge in [-0.25, -0.2) is 14.2 Å². The summed E-state index contributed by atoms with van der Waals surface area (Å²) in [7, 11) is 1.48. The predicted molar refractivity (Wildman–Crippen MR) is 144 cm³/mol. The molecule has 9 heteroatoms. The normalized spacial score (nSPS) is 15.4. The molecule has 0 aromatic heterocycles. The van der Waals surface area contributed by atoms with Crippen molar-refractivity contribution in [1.29, 1.82) is 0 Å². The Hall–Kier alpha value is -3.75. The number of aliphatic hydroxyl groups is 1. The van der Waals surface area contributed by atoms with Crippen LogP contribution in [-0.4, -0.2) is 29.8 Å². The highest BCUT2D eigenvalue weighted by atomic mass is 35.5. The number of nitrogens with zero attached hydrogens (tertiary/aromatic N) is 1. The van der Waals surface area contributed by atoms with Crippen molar-refractivity contribution in [3.63, 3.8) is 0 Å². The van der Waals surface area contributed by atoms with E-state index in [1.807, 2.05) is 18.2 Å². The first-order valence-electron chi connectivity index (χ1n) is 11.3. The number of carbonyl (C=O) groups excluding carboxylic acids is 1. The fourth-order valence-electron chi connectivity index (χ4n) is 3.51. The van der Waals surface area contributed by atoms with Gasteiger partial charge < -0.3 is 19.3 Å². The Bertz CT molecular complexity index is 1400. The molecule has 1 aliphatic rings. The van der Waals surface area contributed by atoms with Gasteiger partial charge in [-0.1, -0.05) is 53.7 Å². The molecule has 0 bridgehead atoms. The van der Waals surface area contributed by atoms with Gasteiger partial charge in [0.1, 0.15) is 28.8 Å². The van der Waals surface area contributed by atoms with Gasteiger partial charge in [0.25, 0.3) is 0 Å². The Morgan fingerprint density at radius 1 is 1.14 bits per heavy atom. The monoisotopic (exact) mass is 539 g/mol. The summed E-state index contributed by atoms with van der Waals surface area (Å²) in [6, 6.07) is 18.5. The van der Waals surface area contributed by atoms with Crippen molar-refractivity contribution < 1.29 is 28.5 Å². The van der Waals surface area contributed by atoms with Crippen LogP contribution in [0.2, 0.25) is 5.02 Å². The lowest BCUT2D eigenvalue weighted by atomic mass is 10.1. The van der Waals surface area contributed by atoms with Crippen LogP contribution >= 0.6 is 23.4 Å². The highest BCUT2D eigenvalue weighted by Gasteiger charge is 2.33. The highest BCUT2D eigenvalue weighted by molar-refractivity contribution is 8.18. The van der Waals surface area contributed by atoms with E-state index in [4.69, 9.17) is 25.8 Å². The lowest BCUT2D eigenvalue weighted by Gasteiger charge is -2.14. The minimum absolute atomic E-state index is 0.00457. The van der Waals surface area contributed by atoms with Gasteiger partial charge in [0.2, 0.25) is 0 Å². The summed E-state index contributed by atoms with van der Waals surface area (Å²) in [6.45, 7) is 1.94. The van der Waals surface area contributed by atoms with Crippen LogP contribution in [0.25, 0.3) is 6.08 Å². The van der Waals surface area contributed by atoms with E-state index in [1.165, 1.54) is 19.2 Å². The molecule has 0 saturated heterocycles. The van der Waals surface area contributed by atoms with Crippen LogP contribution in [0.4, 0.5) is 10.1 Å². The quantitative estimate of drug-likeness (QED) is 0.303. The maximum absolute atomic E-state index is 13.5. The molecule has 0 aliphatic carbocycles. The van der Waals surface area contributed by atoms with Gasteiger partial charge in [-0.2, -0.15) is 0 Å². The summed E-state index contributed by atoms with van der Waals surface area (Å²) < 4.78 is 29.9. The van der Waals surface area contributed by atoms with Crippen molar-refractivity contribution in [1.82, 2.24) is 0 Å². The van der Waals surface area contributed by atoms with Crippen LogP contribution in [0.3, 0.4) is 0 Å². The van der Waals surface area contributed by atoms with Crippen LogP contribution in [-0.2, 0) is 16.1 Å². The number of para-hydroxylation sites is 1. The van der Waals surface area contributed by atoms with E-state index in [0.29, 0.717) is 38.3 Å². The average Bonchev–Trinajstić information content (AvgIpc) is 3.18. The minimum Gasteiger partial charge on any atom is -0.506 e. The van der Waals surface area contributed by atoms with E-state index < -0.39 is 5.97 Å². The van der Waals surface area contributed by atoms with Crippen molar-refractivity contribution >= 4 is 46.1 Å². The molecule has 3 aromatic rings. The van der Waals surface area contributed by atoms with Gasteiger partial charge >= 0.3 is 5.97 Å². The third kappa shape index (κ3) is 6.34. The number of benzene rings is 3. The number of methoxy groups -OCH3 is 1. The minimum atomic E-state index is -0.665. The molecule has 0 spiro atoms. The van der Waals surface area contributed by atoms with E-state index in [-0.39, 0.29) is 35.4 Å². The molecule has 6 nitrogen and oxygen atoms in total. The summed E-state index contributed by atoms with van der Waals surface area (Å²) in [5, 5.41) is 11.5. The van der Waals surface area contributed by atoms with Crippen molar-refractivity contribution in [3.8, 4) is 11.5 Å². The number of ether oxygens (including phenoxy) is 3. The fourth-order valence-corrected chi connectivity index (χ4v) is 4.82. The van der Waals surface area contributed by atoms with Crippen molar-refractivity contribution in [2.45, 2.75) is 13.5 Å². The van der Waals surface area contributed by atoms with Crippen molar-refractivity contribution in [2.75, 3.05) is 13.7 Å².